The molecule has 2 nitrogen and oxygen atoms in total. The first-order valence-electron chi connectivity index (χ1n) is 6.71. The van der Waals surface area contributed by atoms with Gasteiger partial charge in [-0.15, -0.1) is 0 Å². The number of rotatable bonds is 9. The molecule has 0 spiro atoms. The van der Waals surface area contributed by atoms with Crippen molar-refractivity contribution in [1.29, 1.82) is 0 Å². The van der Waals surface area contributed by atoms with Crippen molar-refractivity contribution in [2.45, 2.75) is 72.3 Å². The molecule has 0 aromatic carbocycles. The maximum atomic E-state index is 5.74. The number of hydrogen-bond donors (Lipinski definition) is 2. The van der Waals surface area contributed by atoms with E-state index in [4.69, 9.17) is 5.84 Å². The highest BCUT2D eigenvalue weighted by Gasteiger charge is 2.25. The molecule has 0 saturated carbocycles. The first kappa shape index (κ1) is 14.9. The summed E-state index contributed by atoms with van der Waals surface area (Å²) in [7, 11) is 0. The molecule has 0 aliphatic carbocycles. The SMILES string of the molecule is CCCC(CCC)C(NN)C(CC)CC. The minimum Gasteiger partial charge on any atom is -0.271 e. The van der Waals surface area contributed by atoms with E-state index in [1.807, 2.05) is 0 Å². The zero-order valence-corrected chi connectivity index (χ0v) is 11.1. The van der Waals surface area contributed by atoms with E-state index < -0.39 is 0 Å². The van der Waals surface area contributed by atoms with Crippen molar-refractivity contribution in [2.75, 3.05) is 0 Å². The Balaban J connectivity index is 4.40. The van der Waals surface area contributed by atoms with Crippen LogP contribution < -0.4 is 11.3 Å². The van der Waals surface area contributed by atoms with Crippen molar-refractivity contribution in [3.05, 3.63) is 0 Å². The van der Waals surface area contributed by atoms with E-state index in [0.717, 1.165) is 11.8 Å². The van der Waals surface area contributed by atoms with Gasteiger partial charge in [0.25, 0.3) is 0 Å². The zero-order valence-electron chi connectivity index (χ0n) is 11.1. The predicted molar refractivity (Wildman–Crippen MR) is 68.5 cm³/mol. The van der Waals surface area contributed by atoms with Crippen LogP contribution >= 0.6 is 0 Å². The molecule has 0 aromatic heterocycles. The second-order valence-electron chi connectivity index (χ2n) is 4.61. The van der Waals surface area contributed by atoms with Crippen LogP contribution in [0.1, 0.15) is 66.2 Å². The van der Waals surface area contributed by atoms with E-state index in [9.17, 15) is 0 Å². The molecule has 15 heavy (non-hydrogen) atoms. The van der Waals surface area contributed by atoms with E-state index in [2.05, 4.69) is 33.1 Å². The molecule has 1 atom stereocenters. The molecule has 0 heterocycles. The van der Waals surface area contributed by atoms with Crippen LogP contribution in [0.4, 0.5) is 0 Å². The van der Waals surface area contributed by atoms with Gasteiger partial charge in [0.05, 0.1) is 0 Å². The normalized spacial score (nSPS) is 13.8. The highest BCUT2D eigenvalue weighted by atomic mass is 15.2. The predicted octanol–water partition coefficient (Wildman–Crippen LogP) is 3.47. The minimum atomic E-state index is 0.514. The number of hydrazine groups is 1. The Labute approximate surface area is 96.0 Å². The summed E-state index contributed by atoms with van der Waals surface area (Å²) in [5.41, 5.74) is 3.07. The molecule has 0 fully saturated rings. The molecule has 0 bridgehead atoms. The van der Waals surface area contributed by atoms with Crippen LogP contribution in [-0.2, 0) is 0 Å². The van der Waals surface area contributed by atoms with E-state index >= 15 is 0 Å². The van der Waals surface area contributed by atoms with Crippen molar-refractivity contribution in [1.82, 2.24) is 5.43 Å². The molecular formula is C13H30N2. The molecule has 0 aliphatic heterocycles. The summed E-state index contributed by atoms with van der Waals surface area (Å²) in [5, 5.41) is 0. The average molecular weight is 214 g/mol. The van der Waals surface area contributed by atoms with Gasteiger partial charge in [0.15, 0.2) is 0 Å². The second-order valence-corrected chi connectivity index (χ2v) is 4.61. The largest absolute Gasteiger partial charge is 0.271 e. The van der Waals surface area contributed by atoms with E-state index in [1.165, 1.54) is 38.5 Å². The Hall–Kier alpha value is -0.0800. The van der Waals surface area contributed by atoms with Crippen LogP contribution in [0.25, 0.3) is 0 Å². The first-order chi connectivity index (χ1) is 7.24. The van der Waals surface area contributed by atoms with Gasteiger partial charge >= 0.3 is 0 Å². The van der Waals surface area contributed by atoms with Crippen molar-refractivity contribution in [3.8, 4) is 0 Å². The van der Waals surface area contributed by atoms with Crippen molar-refractivity contribution in [2.24, 2.45) is 17.7 Å². The average Bonchev–Trinajstić information content (AvgIpc) is 2.25. The lowest BCUT2D eigenvalue weighted by Crippen LogP contribution is -2.46. The summed E-state index contributed by atoms with van der Waals surface area (Å²) in [6.07, 6.45) is 7.61. The van der Waals surface area contributed by atoms with Crippen LogP contribution in [0.2, 0.25) is 0 Å². The summed E-state index contributed by atoms with van der Waals surface area (Å²) >= 11 is 0. The maximum Gasteiger partial charge on any atom is 0.0266 e. The standard InChI is InChI=1S/C13H30N2/c1-5-9-12(10-6-2)13(15-14)11(7-3)8-4/h11-13,15H,5-10,14H2,1-4H3. The van der Waals surface area contributed by atoms with Gasteiger partial charge in [-0.05, 0) is 24.7 Å². The molecule has 2 heteroatoms. The van der Waals surface area contributed by atoms with Crippen LogP contribution in [0.5, 0.6) is 0 Å². The highest BCUT2D eigenvalue weighted by Crippen LogP contribution is 2.26. The van der Waals surface area contributed by atoms with Crippen LogP contribution in [0.3, 0.4) is 0 Å². The molecule has 0 amide bonds. The second kappa shape index (κ2) is 9.17. The molecule has 0 aromatic rings. The highest BCUT2D eigenvalue weighted by molar-refractivity contribution is 4.80. The number of hydrogen-bond acceptors (Lipinski definition) is 2. The fraction of sp³-hybridized carbons (Fsp3) is 1.00. The van der Waals surface area contributed by atoms with Gasteiger partial charge in [-0.1, -0.05) is 53.4 Å². The Morgan fingerprint density at radius 1 is 0.867 bits per heavy atom. The quantitative estimate of drug-likeness (QED) is 0.455. The van der Waals surface area contributed by atoms with Gasteiger partial charge in [0.2, 0.25) is 0 Å². The monoisotopic (exact) mass is 214 g/mol. The summed E-state index contributed by atoms with van der Waals surface area (Å²) in [5.74, 6) is 7.23. The first-order valence-corrected chi connectivity index (χ1v) is 6.71. The summed E-state index contributed by atoms with van der Waals surface area (Å²) in [6, 6.07) is 0.514. The third kappa shape index (κ3) is 4.98. The fourth-order valence-electron chi connectivity index (χ4n) is 2.70. The van der Waals surface area contributed by atoms with Crippen LogP contribution in [0, 0.1) is 11.8 Å². The fourth-order valence-corrected chi connectivity index (χ4v) is 2.70. The molecule has 1 unspecified atom stereocenters. The Kier molecular flexibility index (Phi) is 9.12. The Bertz CT molecular complexity index is 126. The molecule has 0 aliphatic rings. The topological polar surface area (TPSA) is 38.0 Å². The smallest absolute Gasteiger partial charge is 0.0266 e. The van der Waals surface area contributed by atoms with Crippen molar-refractivity contribution >= 4 is 0 Å². The van der Waals surface area contributed by atoms with Crippen LogP contribution in [0.15, 0.2) is 0 Å². The van der Waals surface area contributed by atoms with Gasteiger partial charge in [-0.3, -0.25) is 11.3 Å². The Morgan fingerprint density at radius 3 is 1.60 bits per heavy atom. The van der Waals surface area contributed by atoms with Crippen molar-refractivity contribution < 1.29 is 0 Å². The van der Waals surface area contributed by atoms with E-state index in [-0.39, 0.29) is 0 Å². The third-order valence-corrected chi connectivity index (χ3v) is 3.58. The molecule has 0 rings (SSSR count). The van der Waals surface area contributed by atoms with E-state index in [0.29, 0.717) is 6.04 Å². The lowest BCUT2D eigenvalue weighted by Gasteiger charge is -2.32. The minimum absolute atomic E-state index is 0.514. The van der Waals surface area contributed by atoms with Gasteiger partial charge in [0.1, 0.15) is 0 Å². The lowest BCUT2D eigenvalue weighted by molar-refractivity contribution is 0.222. The van der Waals surface area contributed by atoms with Gasteiger partial charge < -0.3 is 0 Å². The number of nitrogens with one attached hydrogen (secondary N) is 1. The molecule has 92 valence electrons. The molecule has 0 radical (unpaired) electrons. The van der Waals surface area contributed by atoms with Gasteiger partial charge in [-0.25, -0.2) is 0 Å². The lowest BCUT2D eigenvalue weighted by atomic mass is 9.81. The molecule has 0 saturated heterocycles. The molecular weight excluding hydrogens is 184 g/mol. The zero-order chi connectivity index (χ0) is 11.7. The van der Waals surface area contributed by atoms with Crippen molar-refractivity contribution in [3.63, 3.8) is 0 Å². The molecule has 3 N–H and O–H groups in total. The van der Waals surface area contributed by atoms with E-state index in [1.54, 1.807) is 0 Å². The van der Waals surface area contributed by atoms with Gasteiger partial charge in [0, 0.05) is 6.04 Å². The maximum absolute atomic E-state index is 5.74. The summed E-state index contributed by atoms with van der Waals surface area (Å²) in [4.78, 5) is 0. The van der Waals surface area contributed by atoms with Gasteiger partial charge in [-0.2, -0.15) is 0 Å². The third-order valence-electron chi connectivity index (χ3n) is 3.58. The van der Waals surface area contributed by atoms with Crippen LogP contribution in [-0.4, -0.2) is 6.04 Å². The Morgan fingerprint density at radius 2 is 1.33 bits per heavy atom. The summed E-state index contributed by atoms with van der Waals surface area (Å²) in [6.45, 7) is 9.08. The number of nitrogens with two attached hydrogens (primary N) is 1. The summed E-state index contributed by atoms with van der Waals surface area (Å²) < 4.78 is 0.